The SMILES string of the molecule is CC(C)COC(=O)N[C@H]1CCCCC/C=C\[C@]23CC2[C@@]3(C(=O)NS(=O)(=O)C2(C)CC2)NC(=O)[C@@H]2C[C@]3(CCc4c(c(C(F)(F)F)nc5ccc(OCC6CCNCC6)cc45)O3)CN2C1=O. The van der Waals surface area contributed by atoms with E-state index in [0.717, 1.165) is 25.9 Å². The zero-order chi connectivity index (χ0) is 46.2. The quantitative estimate of drug-likeness (QED) is 0.234. The number of hydrogen-bond acceptors (Lipinski definition) is 11. The van der Waals surface area contributed by atoms with Crippen molar-refractivity contribution in [3.8, 4) is 11.5 Å². The molecule has 2 aromatic rings. The van der Waals surface area contributed by atoms with Crippen molar-refractivity contribution in [1.29, 1.82) is 0 Å². The van der Waals surface area contributed by atoms with Crippen LogP contribution in [0.2, 0.25) is 0 Å². The molecule has 9 rings (SSSR count). The van der Waals surface area contributed by atoms with E-state index >= 15 is 13.2 Å². The second-order valence-corrected chi connectivity index (χ2v) is 22.3. The molecule has 5 heterocycles. The molecule has 2 saturated heterocycles. The van der Waals surface area contributed by atoms with Crippen molar-refractivity contribution in [3.63, 3.8) is 0 Å². The van der Waals surface area contributed by atoms with Crippen molar-refractivity contribution in [3.05, 3.63) is 41.6 Å². The molecule has 4 N–H and O–H groups in total. The molecular weight excluding hydrogens is 870 g/mol. The van der Waals surface area contributed by atoms with Crippen LogP contribution in [0.4, 0.5) is 18.0 Å². The summed E-state index contributed by atoms with van der Waals surface area (Å²) in [5, 5.41) is 9.36. The molecule has 2 spiro atoms. The number of carbonyl (C=O) groups is 4. The van der Waals surface area contributed by atoms with Gasteiger partial charge in [-0.25, -0.2) is 18.2 Å². The zero-order valence-electron chi connectivity index (χ0n) is 37.1. The summed E-state index contributed by atoms with van der Waals surface area (Å²) in [6.07, 6.45) is 3.88. The fourth-order valence-electron chi connectivity index (χ4n) is 10.5. The summed E-state index contributed by atoms with van der Waals surface area (Å²) >= 11 is 0. The standard InChI is InChI=1S/C46H59F3N6O9S/c1-27(2)24-63-41(59)52-33-9-7-5-4-6-8-15-44-23-35(44)45(44,40(58)54-65(60,61)42(3)17-18-42)53-38(56)34-22-43(26-55(34)39(33)57)16-12-30-31-21-29(62-25-28-13-19-50-20-14-28)10-11-32(31)51-37(36(30)64-43)46(47,48)49/h8,10-11,15,21,27-28,33-35,50H,4-7,9,12-14,16-20,22-26H2,1-3H3,(H,52,59)(H,53,56)(H,54,58)/b15-8-/t33-,34-,35?,43+,44-,45-/m0/s1. The van der Waals surface area contributed by atoms with Crippen molar-refractivity contribution >= 4 is 44.7 Å². The van der Waals surface area contributed by atoms with Gasteiger partial charge in [0.25, 0.3) is 5.91 Å². The monoisotopic (exact) mass is 928 g/mol. The Hall–Kier alpha value is -4.65. The van der Waals surface area contributed by atoms with E-state index in [0.29, 0.717) is 68.6 Å². The Labute approximate surface area is 376 Å². The number of hydrogen-bond donors (Lipinski definition) is 4. The molecule has 19 heteroatoms. The number of pyridine rings is 1. The minimum Gasteiger partial charge on any atom is -0.493 e. The Morgan fingerprint density at radius 1 is 1.06 bits per heavy atom. The molecule has 3 saturated carbocycles. The number of allylic oxidation sites excluding steroid dienone is 1. The number of ether oxygens (including phenoxy) is 3. The average molecular weight is 929 g/mol. The summed E-state index contributed by atoms with van der Waals surface area (Å²) in [6, 6.07) is 2.26. The van der Waals surface area contributed by atoms with Gasteiger partial charge in [0.1, 0.15) is 29.0 Å². The van der Waals surface area contributed by atoms with Crippen molar-refractivity contribution in [2.75, 3.05) is 32.8 Å². The maximum atomic E-state index is 15.0. The number of halogens is 3. The number of piperidine rings is 1. The number of rotatable bonds is 9. The highest BCUT2D eigenvalue weighted by Crippen LogP contribution is 2.83. The van der Waals surface area contributed by atoms with E-state index in [1.54, 1.807) is 19.1 Å². The van der Waals surface area contributed by atoms with E-state index in [1.807, 2.05) is 26.0 Å². The largest absolute Gasteiger partial charge is 0.493 e. The van der Waals surface area contributed by atoms with Crippen LogP contribution < -0.4 is 30.1 Å². The van der Waals surface area contributed by atoms with Gasteiger partial charge in [-0.3, -0.25) is 19.1 Å². The van der Waals surface area contributed by atoms with E-state index in [9.17, 15) is 27.6 Å². The van der Waals surface area contributed by atoms with Gasteiger partial charge in [0.05, 0.1) is 30.0 Å². The molecule has 6 atom stereocenters. The fraction of sp³-hybridized carbons (Fsp3) is 0.674. The van der Waals surface area contributed by atoms with Crippen LogP contribution in [0.25, 0.3) is 10.9 Å². The highest BCUT2D eigenvalue weighted by molar-refractivity contribution is 7.91. The van der Waals surface area contributed by atoms with Gasteiger partial charge in [0, 0.05) is 28.7 Å². The van der Waals surface area contributed by atoms with Crippen LogP contribution in [0, 0.1) is 23.2 Å². The first kappa shape index (κ1) is 45.5. The smallest absolute Gasteiger partial charge is 0.437 e. The molecule has 5 fully saturated rings. The number of alkyl halides is 3. The first-order valence-electron chi connectivity index (χ1n) is 23.2. The minimum absolute atomic E-state index is 0.00508. The van der Waals surface area contributed by atoms with Crippen LogP contribution in [0.5, 0.6) is 11.5 Å². The Balaban J connectivity index is 1.06. The first-order chi connectivity index (χ1) is 30.8. The van der Waals surface area contributed by atoms with E-state index in [1.165, 1.54) is 11.0 Å². The van der Waals surface area contributed by atoms with Crippen molar-refractivity contribution in [1.82, 2.24) is 30.6 Å². The number of carbonyl (C=O) groups excluding carboxylic acids is 4. The van der Waals surface area contributed by atoms with Gasteiger partial charge in [0.2, 0.25) is 21.8 Å². The number of nitrogens with one attached hydrogen (secondary N) is 4. The summed E-state index contributed by atoms with van der Waals surface area (Å²) < 4.78 is 91.1. The normalized spacial score (nSPS) is 31.5. The second kappa shape index (κ2) is 16.6. The zero-order valence-corrected chi connectivity index (χ0v) is 37.9. The van der Waals surface area contributed by atoms with Gasteiger partial charge >= 0.3 is 12.3 Å². The van der Waals surface area contributed by atoms with Gasteiger partial charge in [-0.1, -0.05) is 38.8 Å². The molecule has 15 nitrogen and oxygen atoms in total. The molecule has 65 heavy (non-hydrogen) atoms. The van der Waals surface area contributed by atoms with E-state index in [-0.39, 0.29) is 55.8 Å². The van der Waals surface area contributed by atoms with Gasteiger partial charge in [-0.2, -0.15) is 13.2 Å². The molecule has 0 radical (unpaired) electrons. The van der Waals surface area contributed by atoms with E-state index < -0.39 is 90.8 Å². The van der Waals surface area contributed by atoms with Crippen LogP contribution in [0.1, 0.15) is 109 Å². The number of fused-ring (bicyclic) bond motifs is 5. The van der Waals surface area contributed by atoms with Crippen LogP contribution in [-0.2, 0) is 41.7 Å². The average Bonchev–Trinajstić information content (AvgIpc) is 4.22. The third-order valence-corrected chi connectivity index (χ3v) is 17.1. The lowest BCUT2D eigenvalue weighted by Crippen LogP contribution is -2.61. The highest BCUT2D eigenvalue weighted by Gasteiger charge is 2.92. The topological polar surface area (TPSA) is 194 Å². The molecule has 1 unspecified atom stereocenters. The number of amides is 4. The Bertz CT molecular complexity index is 2410. The molecule has 0 bridgehead atoms. The predicted octanol–water partition coefficient (Wildman–Crippen LogP) is 5.44. The number of benzene rings is 1. The van der Waals surface area contributed by atoms with Crippen LogP contribution >= 0.6 is 0 Å². The predicted molar refractivity (Wildman–Crippen MR) is 231 cm³/mol. The summed E-state index contributed by atoms with van der Waals surface area (Å²) in [5.41, 5.74) is -4.84. The third-order valence-electron chi connectivity index (χ3n) is 15.0. The summed E-state index contributed by atoms with van der Waals surface area (Å²) in [6.45, 7) is 7.26. The third kappa shape index (κ3) is 8.41. The second-order valence-electron chi connectivity index (χ2n) is 20.1. The maximum absolute atomic E-state index is 15.0. The molecular formula is C46H59F3N6O9S. The Kier molecular flexibility index (Phi) is 11.6. The van der Waals surface area contributed by atoms with Crippen LogP contribution in [-0.4, -0.2) is 103 Å². The number of sulfonamides is 1. The van der Waals surface area contributed by atoms with Gasteiger partial charge in [-0.15, -0.1) is 0 Å². The fourth-order valence-corrected chi connectivity index (χ4v) is 11.8. The molecule has 1 aromatic heterocycles. The molecule has 354 valence electrons. The minimum atomic E-state index is -4.94. The van der Waals surface area contributed by atoms with Gasteiger partial charge in [-0.05, 0) is 114 Å². The lowest BCUT2D eigenvalue weighted by Gasteiger charge is -2.37. The number of aryl methyl sites for hydroxylation is 1. The van der Waals surface area contributed by atoms with Crippen LogP contribution in [0.15, 0.2) is 30.4 Å². The first-order valence-corrected chi connectivity index (χ1v) is 24.7. The summed E-state index contributed by atoms with van der Waals surface area (Å²) in [4.78, 5) is 62.5. The van der Waals surface area contributed by atoms with E-state index in [2.05, 4.69) is 25.7 Å². The number of aromatic nitrogens is 1. The van der Waals surface area contributed by atoms with Crippen molar-refractivity contribution in [2.24, 2.45) is 23.2 Å². The van der Waals surface area contributed by atoms with Crippen LogP contribution in [0.3, 0.4) is 0 Å². The molecule has 4 amide bonds. The van der Waals surface area contributed by atoms with Gasteiger partial charge < -0.3 is 35.1 Å². The Morgan fingerprint density at radius 3 is 2.54 bits per heavy atom. The number of nitrogens with zero attached hydrogens (tertiary/aromatic N) is 2. The van der Waals surface area contributed by atoms with E-state index in [4.69, 9.17) is 14.2 Å². The van der Waals surface area contributed by atoms with Crippen molar-refractivity contribution < 1.29 is 55.0 Å². The van der Waals surface area contributed by atoms with Crippen molar-refractivity contribution in [2.45, 2.75) is 138 Å². The number of alkyl carbamates (subject to hydrolysis) is 1. The van der Waals surface area contributed by atoms with Gasteiger partial charge in [0.15, 0.2) is 11.4 Å². The Morgan fingerprint density at radius 2 is 1.83 bits per heavy atom. The molecule has 1 aromatic carbocycles. The maximum Gasteiger partial charge on any atom is 0.437 e. The summed E-state index contributed by atoms with van der Waals surface area (Å²) in [7, 11) is -4.11. The molecule has 4 aliphatic heterocycles. The molecule has 3 aliphatic carbocycles. The summed E-state index contributed by atoms with van der Waals surface area (Å²) in [5.74, 6) is -2.38. The lowest BCUT2D eigenvalue weighted by molar-refractivity contribution is -0.144. The lowest BCUT2D eigenvalue weighted by atomic mass is 9.86. The molecule has 7 aliphatic rings. The highest BCUT2D eigenvalue weighted by atomic mass is 32.2.